The van der Waals surface area contributed by atoms with Crippen LogP contribution in [0.15, 0.2) is 12.3 Å². The van der Waals surface area contributed by atoms with E-state index >= 15 is 0 Å². The Balaban J connectivity index is 2.48. The molecule has 0 saturated heterocycles. The molecule has 0 aliphatic carbocycles. The van der Waals surface area contributed by atoms with Crippen molar-refractivity contribution in [1.29, 1.82) is 0 Å². The molecule has 102 valence electrons. The lowest BCUT2D eigenvalue weighted by atomic mass is 10.3. The molecule has 1 aromatic rings. The molecule has 0 aliphatic rings. The van der Waals surface area contributed by atoms with Crippen LogP contribution in [0.1, 0.15) is 39.2 Å². The van der Waals surface area contributed by atoms with Crippen LogP contribution in [0, 0.1) is 0 Å². The fraction of sp³-hybridized carbons (Fsp3) is 0.714. The van der Waals surface area contributed by atoms with Crippen LogP contribution in [0.5, 0.6) is 0 Å². The van der Waals surface area contributed by atoms with Gasteiger partial charge in [-0.25, -0.2) is 9.97 Å². The Morgan fingerprint density at radius 2 is 2.00 bits per heavy atom. The quantitative estimate of drug-likeness (QED) is 0.764. The van der Waals surface area contributed by atoms with E-state index in [1.807, 2.05) is 12.3 Å². The molecule has 0 atom stereocenters. The van der Waals surface area contributed by atoms with Crippen LogP contribution in [0.3, 0.4) is 0 Å². The van der Waals surface area contributed by atoms with Gasteiger partial charge in [0.2, 0.25) is 0 Å². The maximum absolute atomic E-state index is 4.58. The molecule has 0 fully saturated rings. The minimum Gasteiger partial charge on any atom is -0.309 e. The highest BCUT2D eigenvalue weighted by Crippen LogP contribution is 1.99. The first-order valence-corrected chi connectivity index (χ1v) is 6.92. The molecule has 1 N–H and O–H groups in total. The standard InChI is InChI=1S/C14H26N4/c1-5-18(6-2)10-8-14-15-9-7-13(17-14)11-16-12(3)4/h7,9,12,16H,5-6,8,10-11H2,1-4H3. The molecule has 4 nitrogen and oxygen atoms in total. The van der Waals surface area contributed by atoms with Gasteiger partial charge >= 0.3 is 0 Å². The zero-order chi connectivity index (χ0) is 13.4. The van der Waals surface area contributed by atoms with Crippen molar-refractivity contribution in [3.05, 3.63) is 23.8 Å². The van der Waals surface area contributed by atoms with Crippen molar-refractivity contribution in [2.24, 2.45) is 0 Å². The first kappa shape index (κ1) is 15.1. The Labute approximate surface area is 111 Å². The number of hydrogen-bond acceptors (Lipinski definition) is 4. The summed E-state index contributed by atoms with van der Waals surface area (Å²) in [6.45, 7) is 12.7. The molecule has 0 bridgehead atoms. The van der Waals surface area contributed by atoms with Crippen molar-refractivity contribution in [1.82, 2.24) is 20.2 Å². The Hall–Kier alpha value is -1.00. The fourth-order valence-corrected chi connectivity index (χ4v) is 1.77. The molecular formula is C14H26N4. The second kappa shape index (κ2) is 8.16. The summed E-state index contributed by atoms with van der Waals surface area (Å²) in [7, 11) is 0. The minimum absolute atomic E-state index is 0.485. The third kappa shape index (κ3) is 5.56. The lowest BCUT2D eigenvalue weighted by molar-refractivity contribution is 0.305. The molecule has 0 saturated carbocycles. The van der Waals surface area contributed by atoms with Gasteiger partial charge in [-0.1, -0.05) is 27.7 Å². The van der Waals surface area contributed by atoms with Crippen LogP contribution in [-0.4, -0.2) is 40.5 Å². The zero-order valence-corrected chi connectivity index (χ0v) is 12.1. The molecule has 0 aliphatic heterocycles. The molecule has 1 heterocycles. The fourth-order valence-electron chi connectivity index (χ4n) is 1.77. The maximum atomic E-state index is 4.58. The minimum atomic E-state index is 0.485. The molecule has 0 amide bonds. The van der Waals surface area contributed by atoms with E-state index in [9.17, 15) is 0 Å². The lowest BCUT2D eigenvalue weighted by Crippen LogP contribution is -2.26. The van der Waals surface area contributed by atoms with E-state index in [1.165, 1.54) is 0 Å². The van der Waals surface area contributed by atoms with Gasteiger partial charge in [0.15, 0.2) is 0 Å². The van der Waals surface area contributed by atoms with Crippen molar-refractivity contribution in [3.63, 3.8) is 0 Å². The molecule has 1 rings (SSSR count). The van der Waals surface area contributed by atoms with E-state index < -0.39 is 0 Å². The smallest absolute Gasteiger partial charge is 0.129 e. The summed E-state index contributed by atoms with van der Waals surface area (Å²) in [6, 6.07) is 2.47. The van der Waals surface area contributed by atoms with Crippen LogP contribution >= 0.6 is 0 Å². The van der Waals surface area contributed by atoms with Gasteiger partial charge in [-0.3, -0.25) is 0 Å². The van der Waals surface area contributed by atoms with Gasteiger partial charge in [0.25, 0.3) is 0 Å². The van der Waals surface area contributed by atoms with Crippen molar-refractivity contribution in [2.45, 2.75) is 46.7 Å². The monoisotopic (exact) mass is 250 g/mol. The van der Waals surface area contributed by atoms with E-state index in [0.717, 1.165) is 44.1 Å². The van der Waals surface area contributed by atoms with Crippen LogP contribution < -0.4 is 5.32 Å². The van der Waals surface area contributed by atoms with Crippen molar-refractivity contribution >= 4 is 0 Å². The number of rotatable bonds is 8. The Morgan fingerprint density at radius 3 is 2.61 bits per heavy atom. The van der Waals surface area contributed by atoms with Crippen molar-refractivity contribution in [2.75, 3.05) is 19.6 Å². The lowest BCUT2D eigenvalue weighted by Gasteiger charge is -2.17. The Bertz CT molecular complexity index is 334. The summed E-state index contributed by atoms with van der Waals surface area (Å²) in [5.41, 5.74) is 1.08. The third-order valence-corrected chi connectivity index (χ3v) is 3.00. The zero-order valence-electron chi connectivity index (χ0n) is 12.1. The molecular weight excluding hydrogens is 224 g/mol. The van der Waals surface area contributed by atoms with Crippen LogP contribution in [0.4, 0.5) is 0 Å². The highest BCUT2D eigenvalue weighted by atomic mass is 15.1. The van der Waals surface area contributed by atoms with Crippen molar-refractivity contribution < 1.29 is 0 Å². The van der Waals surface area contributed by atoms with E-state index in [1.54, 1.807) is 0 Å². The van der Waals surface area contributed by atoms with Gasteiger partial charge in [0.05, 0.1) is 5.69 Å². The molecule has 0 aromatic carbocycles. The second-order valence-electron chi connectivity index (χ2n) is 4.78. The summed E-state index contributed by atoms with van der Waals surface area (Å²) in [5, 5.41) is 3.38. The Morgan fingerprint density at radius 1 is 1.28 bits per heavy atom. The average Bonchev–Trinajstić information content (AvgIpc) is 2.38. The summed E-state index contributed by atoms with van der Waals surface area (Å²) in [4.78, 5) is 11.3. The third-order valence-electron chi connectivity index (χ3n) is 3.00. The number of nitrogens with one attached hydrogen (secondary N) is 1. The molecule has 4 heteroatoms. The number of nitrogens with zero attached hydrogens (tertiary/aromatic N) is 3. The molecule has 0 spiro atoms. The summed E-state index contributed by atoms with van der Waals surface area (Å²) in [6.07, 6.45) is 2.79. The topological polar surface area (TPSA) is 41.1 Å². The molecule has 0 unspecified atom stereocenters. The van der Waals surface area contributed by atoms with Gasteiger partial charge in [0, 0.05) is 31.7 Å². The first-order valence-electron chi connectivity index (χ1n) is 6.92. The summed E-state index contributed by atoms with van der Waals surface area (Å²) >= 11 is 0. The van der Waals surface area contributed by atoms with E-state index in [2.05, 4.69) is 47.9 Å². The Kier molecular flexibility index (Phi) is 6.83. The van der Waals surface area contributed by atoms with Gasteiger partial charge in [0.1, 0.15) is 5.82 Å². The SMILES string of the molecule is CCN(CC)CCc1nccc(CNC(C)C)n1. The molecule has 1 aromatic heterocycles. The van der Waals surface area contributed by atoms with E-state index in [0.29, 0.717) is 6.04 Å². The average molecular weight is 250 g/mol. The van der Waals surface area contributed by atoms with Crippen molar-refractivity contribution in [3.8, 4) is 0 Å². The van der Waals surface area contributed by atoms with Crippen LogP contribution in [0.25, 0.3) is 0 Å². The highest BCUT2D eigenvalue weighted by Gasteiger charge is 2.03. The molecule has 18 heavy (non-hydrogen) atoms. The summed E-state index contributed by atoms with van der Waals surface area (Å²) in [5.74, 6) is 0.949. The second-order valence-corrected chi connectivity index (χ2v) is 4.78. The molecule has 0 radical (unpaired) electrons. The van der Waals surface area contributed by atoms with Gasteiger partial charge in [-0.15, -0.1) is 0 Å². The number of likely N-dealkylation sites (N-methyl/N-ethyl adjacent to an activating group) is 1. The first-order chi connectivity index (χ1) is 8.65. The van der Waals surface area contributed by atoms with E-state index in [4.69, 9.17) is 0 Å². The van der Waals surface area contributed by atoms with E-state index in [-0.39, 0.29) is 0 Å². The number of aromatic nitrogens is 2. The largest absolute Gasteiger partial charge is 0.309 e. The van der Waals surface area contributed by atoms with Crippen LogP contribution in [0.2, 0.25) is 0 Å². The highest BCUT2D eigenvalue weighted by molar-refractivity contribution is 5.02. The number of hydrogen-bond donors (Lipinski definition) is 1. The normalized spacial score (nSPS) is 11.4. The van der Waals surface area contributed by atoms with Gasteiger partial charge in [-0.05, 0) is 19.2 Å². The predicted molar refractivity (Wildman–Crippen MR) is 75.5 cm³/mol. The van der Waals surface area contributed by atoms with Gasteiger partial charge < -0.3 is 10.2 Å². The van der Waals surface area contributed by atoms with Gasteiger partial charge in [-0.2, -0.15) is 0 Å². The predicted octanol–water partition coefficient (Wildman–Crippen LogP) is 1.86. The summed E-state index contributed by atoms with van der Waals surface area (Å²) < 4.78 is 0. The maximum Gasteiger partial charge on any atom is 0.129 e. The van der Waals surface area contributed by atoms with Crippen LogP contribution in [-0.2, 0) is 13.0 Å².